The van der Waals surface area contributed by atoms with E-state index < -0.39 is 0 Å². The number of nitrogens with one attached hydrogen (secondary N) is 1. The first-order valence-corrected chi connectivity index (χ1v) is 13.5. The molecule has 6 heteroatoms. The van der Waals surface area contributed by atoms with Crippen molar-refractivity contribution in [1.29, 1.82) is 0 Å². The maximum atomic E-state index is 14.0. The molecular formula is C31H27Cl2N3O. The Hall–Kier alpha value is -3.47. The number of aryl methyl sites for hydroxylation is 3. The number of anilines is 1. The van der Waals surface area contributed by atoms with Crippen LogP contribution in [0.15, 0.2) is 79.0 Å². The van der Waals surface area contributed by atoms with Crippen LogP contribution in [0.4, 0.5) is 5.69 Å². The number of carbonyl (C=O) groups is 1. The van der Waals surface area contributed by atoms with Gasteiger partial charge >= 0.3 is 0 Å². The zero-order valence-corrected chi connectivity index (χ0v) is 22.1. The number of rotatable bonds is 5. The monoisotopic (exact) mass is 527 g/mol. The molecule has 4 nitrogen and oxygen atoms in total. The van der Waals surface area contributed by atoms with Crippen LogP contribution in [0, 0.1) is 0 Å². The highest BCUT2D eigenvalue weighted by Crippen LogP contribution is 2.40. The van der Waals surface area contributed by atoms with Crippen molar-refractivity contribution in [2.75, 3.05) is 5.32 Å². The van der Waals surface area contributed by atoms with E-state index in [2.05, 4.69) is 51.7 Å². The molecule has 0 saturated heterocycles. The summed E-state index contributed by atoms with van der Waals surface area (Å²) in [6, 6.07) is 23.8. The summed E-state index contributed by atoms with van der Waals surface area (Å²) in [7, 11) is 0. The fourth-order valence-corrected chi connectivity index (χ4v) is 5.75. The SMILES string of the molecule is CCc1ccc(-c2c3c4n(c(-c5ccc(Cl)cc5)cn4c2C(=O)Nc2cccc(Cl)c2)CCCC3)cc1. The van der Waals surface area contributed by atoms with Crippen LogP contribution >= 0.6 is 23.2 Å². The second kappa shape index (κ2) is 9.77. The predicted octanol–water partition coefficient (Wildman–Crippen LogP) is 8.53. The number of nitrogens with zero attached hydrogens (tertiary/aromatic N) is 2. The normalized spacial score (nSPS) is 13.1. The fraction of sp³-hybridized carbons (Fsp3) is 0.194. The van der Waals surface area contributed by atoms with Crippen LogP contribution in [-0.2, 0) is 19.4 Å². The predicted molar refractivity (Wildman–Crippen MR) is 153 cm³/mol. The van der Waals surface area contributed by atoms with Gasteiger partial charge in [0.05, 0.1) is 5.69 Å². The lowest BCUT2D eigenvalue weighted by molar-refractivity contribution is 0.102. The maximum Gasteiger partial charge on any atom is 0.273 e. The van der Waals surface area contributed by atoms with Gasteiger partial charge in [0.25, 0.3) is 5.91 Å². The third kappa shape index (κ3) is 4.35. The first kappa shape index (κ1) is 23.9. The van der Waals surface area contributed by atoms with Crippen molar-refractivity contribution in [2.24, 2.45) is 0 Å². The second-order valence-electron chi connectivity index (χ2n) is 9.54. The van der Waals surface area contributed by atoms with E-state index in [1.807, 2.05) is 36.4 Å². The molecule has 3 heterocycles. The topological polar surface area (TPSA) is 38.4 Å². The van der Waals surface area contributed by atoms with Gasteiger partial charge in [-0.05, 0) is 72.7 Å². The van der Waals surface area contributed by atoms with Crippen molar-refractivity contribution in [3.63, 3.8) is 0 Å². The van der Waals surface area contributed by atoms with Crippen molar-refractivity contribution >= 4 is 40.4 Å². The molecular weight excluding hydrogens is 501 g/mol. The molecule has 0 bridgehead atoms. The summed E-state index contributed by atoms with van der Waals surface area (Å²) in [4.78, 5) is 14.0. The number of hydrogen-bond donors (Lipinski definition) is 1. The summed E-state index contributed by atoms with van der Waals surface area (Å²) in [5.41, 5.74) is 9.14. The molecule has 1 amide bonds. The molecule has 5 aromatic rings. The number of halogens is 2. The lowest BCUT2D eigenvalue weighted by atomic mass is 9.96. The van der Waals surface area contributed by atoms with E-state index in [4.69, 9.17) is 23.2 Å². The Morgan fingerprint density at radius 1 is 0.919 bits per heavy atom. The van der Waals surface area contributed by atoms with E-state index in [-0.39, 0.29) is 5.91 Å². The fourth-order valence-electron chi connectivity index (χ4n) is 5.43. The Balaban J connectivity index is 1.60. The van der Waals surface area contributed by atoms with Gasteiger partial charge in [-0.3, -0.25) is 9.20 Å². The Bertz CT molecular complexity index is 1610. The molecule has 1 N–H and O–H groups in total. The number of imidazole rings is 1. The molecule has 37 heavy (non-hydrogen) atoms. The van der Waals surface area contributed by atoms with E-state index in [0.29, 0.717) is 21.4 Å². The highest BCUT2D eigenvalue weighted by molar-refractivity contribution is 6.31. The molecule has 1 aliphatic heterocycles. The molecule has 0 radical (unpaired) electrons. The van der Waals surface area contributed by atoms with Crippen molar-refractivity contribution < 1.29 is 4.79 Å². The summed E-state index contributed by atoms with van der Waals surface area (Å²) in [5, 5.41) is 4.39. The van der Waals surface area contributed by atoms with Gasteiger partial charge in [-0.1, -0.05) is 72.6 Å². The van der Waals surface area contributed by atoms with Crippen molar-refractivity contribution in [3.05, 3.63) is 106 Å². The van der Waals surface area contributed by atoms with Crippen LogP contribution in [-0.4, -0.2) is 14.9 Å². The summed E-state index contributed by atoms with van der Waals surface area (Å²) in [6.07, 6.45) is 6.14. The zero-order chi connectivity index (χ0) is 25.5. The summed E-state index contributed by atoms with van der Waals surface area (Å²) < 4.78 is 4.46. The average molecular weight is 528 g/mol. The van der Waals surface area contributed by atoms with Crippen LogP contribution in [0.5, 0.6) is 0 Å². The smallest absolute Gasteiger partial charge is 0.273 e. The Morgan fingerprint density at radius 3 is 2.41 bits per heavy atom. The summed E-state index contributed by atoms with van der Waals surface area (Å²) >= 11 is 12.4. The first-order chi connectivity index (χ1) is 18.0. The van der Waals surface area contributed by atoms with Crippen LogP contribution in [0.25, 0.3) is 28.0 Å². The summed E-state index contributed by atoms with van der Waals surface area (Å²) in [6.45, 7) is 3.05. The largest absolute Gasteiger partial charge is 0.325 e. The zero-order valence-electron chi connectivity index (χ0n) is 20.6. The average Bonchev–Trinajstić information content (AvgIpc) is 3.32. The molecule has 0 fully saturated rings. The van der Waals surface area contributed by atoms with Gasteiger partial charge in [0.15, 0.2) is 0 Å². The third-order valence-corrected chi connectivity index (χ3v) is 7.71. The van der Waals surface area contributed by atoms with Crippen LogP contribution in [0.1, 0.15) is 41.4 Å². The minimum absolute atomic E-state index is 0.154. The minimum Gasteiger partial charge on any atom is -0.325 e. The van der Waals surface area contributed by atoms with Gasteiger partial charge in [0.2, 0.25) is 0 Å². The molecule has 2 aromatic heterocycles. The number of benzene rings is 3. The lowest BCUT2D eigenvalue weighted by Crippen LogP contribution is -2.15. The number of aromatic nitrogens is 2. The summed E-state index contributed by atoms with van der Waals surface area (Å²) in [5.74, 6) is -0.154. The maximum absolute atomic E-state index is 14.0. The Labute approximate surface area is 226 Å². The van der Waals surface area contributed by atoms with Gasteiger partial charge in [-0.2, -0.15) is 0 Å². The van der Waals surface area contributed by atoms with Gasteiger partial charge in [-0.25, -0.2) is 0 Å². The van der Waals surface area contributed by atoms with Gasteiger partial charge in [0, 0.05) is 39.6 Å². The first-order valence-electron chi connectivity index (χ1n) is 12.7. The van der Waals surface area contributed by atoms with Crippen LogP contribution in [0.3, 0.4) is 0 Å². The van der Waals surface area contributed by atoms with Gasteiger partial charge in [-0.15, -0.1) is 0 Å². The highest BCUT2D eigenvalue weighted by Gasteiger charge is 2.29. The van der Waals surface area contributed by atoms with Crippen molar-refractivity contribution in [2.45, 2.75) is 39.2 Å². The Morgan fingerprint density at radius 2 is 1.68 bits per heavy atom. The lowest BCUT2D eigenvalue weighted by Gasteiger charge is -2.11. The molecule has 3 aromatic carbocycles. The van der Waals surface area contributed by atoms with E-state index >= 15 is 0 Å². The molecule has 1 aliphatic rings. The van der Waals surface area contributed by atoms with E-state index in [0.717, 1.165) is 60.3 Å². The number of hydrogen-bond acceptors (Lipinski definition) is 1. The number of amides is 1. The Kier molecular flexibility index (Phi) is 6.31. The second-order valence-corrected chi connectivity index (χ2v) is 10.4. The van der Waals surface area contributed by atoms with Crippen LogP contribution in [0.2, 0.25) is 10.0 Å². The standard InChI is InChI=1S/C31H27Cl2N3O/c1-2-20-9-11-22(12-10-20)28-26-8-3-4-17-35-27(21-13-15-23(32)16-14-21)19-36(31(26)35)29(28)30(37)34-25-7-5-6-24(33)18-25/h5-7,9-16,18-19H,2-4,8,17H2,1H3,(H,34,37). The third-order valence-electron chi connectivity index (χ3n) is 7.22. The molecule has 0 saturated carbocycles. The molecule has 0 aliphatic carbocycles. The van der Waals surface area contributed by atoms with Gasteiger partial charge in [0.1, 0.15) is 11.3 Å². The molecule has 6 rings (SSSR count). The van der Waals surface area contributed by atoms with E-state index in [9.17, 15) is 4.79 Å². The van der Waals surface area contributed by atoms with Crippen molar-refractivity contribution in [3.8, 4) is 22.4 Å². The quantitative estimate of drug-likeness (QED) is 0.244. The van der Waals surface area contributed by atoms with Gasteiger partial charge < -0.3 is 9.88 Å². The van der Waals surface area contributed by atoms with E-state index in [1.165, 1.54) is 11.1 Å². The minimum atomic E-state index is -0.154. The molecule has 0 unspecified atom stereocenters. The van der Waals surface area contributed by atoms with Crippen molar-refractivity contribution in [1.82, 2.24) is 8.97 Å². The number of carbonyl (C=O) groups excluding carboxylic acids is 1. The highest BCUT2D eigenvalue weighted by atomic mass is 35.5. The van der Waals surface area contributed by atoms with E-state index in [1.54, 1.807) is 12.1 Å². The molecule has 0 spiro atoms. The molecule has 0 atom stereocenters. The van der Waals surface area contributed by atoms with Crippen LogP contribution < -0.4 is 5.32 Å². The molecule has 186 valence electrons.